The average molecular weight is 452 g/mol. The molecule has 6 heteroatoms. The Balaban J connectivity index is 2.20. The van der Waals surface area contributed by atoms with E-state index < -0.39 is 10.0 Å². The summed E-state index contributed by atoms with van der Waals surface area (Å²) in [7, 11) is -3.40. The lowest BCUT2D eigenvalue weighted by atomic mass is 10.2. The Morgan fingerprint density at radius 2 is 1.79 bits per heavy atom. The fourth-order valence-corrected chi connectivity index (χ4v) is 3.79. The van der Waals surface area contributed by atoms with Crippen LogP contribution in [0.15, 0.2) is 53.0 Å². The largest absolute Gasteiger partial charge is 0.282 e. The van der Waals surface area contributed by atoms with Crippen molar-refractivity contribution in [3.05, 3.63) is 62.1 Å². The fraction of sp³-hybridized carbons (Fsp3) is 0.0769. The summed E-state index contributed by atoms with van der Waals surface area (Å²) < 4.78 is 28.5. The average Bonchev–Trinajstić information content (AvgIpc) is 2.34. The van der Waals surface area contributed by atoms with Crippen LogP contribution in [0.1, 0.15) is 5.56 Å². The third-order valence-corrected chi connectivity index (χ3v) is 5.07. The van der Waals surface area contributed by atoms with Crippen LogP contribution in [0.25, 0.3) is 0 Å². The maximum absolute atomic E-state index is 12.1. The topological polar surface area (TPSA) is 46.2 Å². The zero-order valence-electron chi connectivity index (χ0n) is 9.81. The van der Waals surface area contributed by atoms with E-state index in [1.807, 2.05) is 30.3 Å². The molecule has 0 amide bonds. The Morgan fingerprint density at radius 3 is 2.47 bits per heavy atom. The van der Waals surface area contributed by atoms with Gasteiger partial charge >= 0.3 is 0 Å². The Hall–Kier alpha value is -0.600. The first-order chi connectivity index (χ1) is 8.96. The lowest BCUT2D eigenvalue weighted by Gasteiger charge is -2.10. The van der Waals surface area contributed by atoms with E-state index in [2.05, 4.69) is 43.2 Å². The number of hydrogen-bond acceptors (Lipinski definition) is 2. The Bertz CT molecular complexity index is 674. The van der Waals surface area contributed by atoms with Gasteiger partial charge < -0.3 is 0 Å². The highest BCUT2D eigenvalue weighted by molar-refractivity contribution is 14.1. The van der Waals surface area contributed by atoms with Gasteiger partial charge in [0.25, 0.3) is 0 Å². The molecule has 0 spiro atoms. The van der Waals surface area contributed by atoms with E-state index >= 15 is 0 Å². The van der Waals surface area contributed by atoms with E-state index in [9.17, 15) is 8.42 Å². The van der Waals surface area contributed by atoms with Gasteiger partial charge in [-0.3, -0.25) is 4.72 Å². The van der Waals surface area contributed by atoms with Gasteiger partial charge in [-0.25, -0.2) is 8.42 Å². The molecule has 0 unspecified atom stereocenters. The minimum atomic E-state index is -3.40. The standard InChI is InChI=1S/C13H11BrINO2S/c14-11-6-7-12(15)13(8-11)16-19(17,18)9-10-4-2-1-3-5-10/h1-8,16H,9H2. The van der Waals surface area contributed by atoms with Crippen LogP contribution < -0.4 is 4.72 Å². The predicted octanol–water partition coefficient (Wildman–Crippen LogP) is 4.00. The van der Waals surface area contributed by atoms with Crippen molar-refractivity contribution in [1.82, 2.24) is 0 Å². The van der Waals surface area contributed by atoms with Crippen LogP contribution in [0.2, 0.25) is 0 Å². The molecule has 0 aliphatic heterocycles. The smallest absolute Gasteiger partial charge is 0.236 e. The number of hydrogen-bond donors (Lipinski definition) is 1. The molecule has 0 heterocycles. The van der Waals surface area contributed by atoms with Crippen LogP contribution in [-0.2, 0) is 15.8 Å². The van der Waals surface area contributed by atoms with Gasteiger partial charge in [0, 0.05) is 8.04 Å². The monoisotopic (exact) mass is 451 g/mol. The molecule has 2 aromatic rings. The molecule has 0 saturated carbocycles. The molecule has 0 radical (unpaired) electrons. The molecule has 2 aromatic carbocycles. The summed E-state index contributed by atoms with van der Waals surface area (Å²) >= 11 is 5.43. The molecule has 3 nitrogen and oxygen atoms in total. The van der Waals surface area contributed by atoms with E-state index in [1.54, 1.807) is 18.2 Å². The highest BCUT2D eigenvalue weighted by Gasteiger charge is 2.13. The molecular formula is C13H11BrINO2S. The van der Waals surface area contributed by atoms with Gasteiger partial charge in [0.05, 0.1) is 11.4 Å². The molecule has 100 valence electrons. The lowest BCUT2D eigenvalue weighted by Crippen LogP contribution is -2.15. The first kappa shape index (κ1) is 14.8. The maximum Gasteiger partial charge on any atom is 0.236 e. The van der Waals surface area contributed by atoms with Crippen molar-refractivity contribution >= 4 is 54.2 Å². The Kier molecular flexibility index (Phi) is 4.86. The molecule has 0 saturated heterocycles. The number of benzene rings is 2. The zero-order chi connectivity index (χ0) is 13.9. The van der Waals surface area contributed by atoms with Crippen molar-refractivity contribution in [2.24, 2.45) is 0 Å². The summed E-state index contributed by atoms with van der Waals surface area (Å²) in [6, 6.07) is 14.6. The van der Waals surface area contributed by atoms with Gasteiger partial charge in [0.15, 0.2) is 0 Å². The second-order valence-electron chi connectivity index (χ2n) is 3.97. The highest BCUT2D eigenvalue weighted by Crippen LogP contribution is 2.24. The first-order valence-corrected chi connectivity index (χ1v) is 8.98. The fourth-order valence-electron chi connectivity index (χ4n) is 1.57. The third kappa shape index (κ3) is 4.47. The second-order valence-corrected chi connectivity index (χ2v) is 7.77. The molecule has 0 aliphatic rings. The molecule has 0 fully saturated rings. The van der Waals surface area contributed by atoms with Crippen LogP contribution >= 0.6 is 38.5 Å². The third-order valence-electron chi connectivity index (χ3n) is 2.39. The number of halogens is 2. The van der Waals surface area contributed by atoms with Crippen LogP contribution in [0.5, 0.6) is 0 Å². The van der Waals surface area contributed by atoms with Crippen molar-refractivity contribution in [1.29, 1.82) is 0 Å². The van der Waals surface area contributed by atoms with Gasteiger partial charge in [-0.05, 0) is 46.4 Å². The summed E-state index contributed by atoms with van der Waals surface area (Å²) in [6.45, 7) is 0. The summed E-state index contributed by atoms with van der Waals surface area (Å²) in [5.74, 6) is -0.0313. The minimum absolute atomic E-state index is 0.0313. The molecule has 0 aromatic heterocycles. The first-order valence-electron chi connectivity index (χ1n) is 5.46. The van der Waals surface area contributed by atoms with Crippen molar-refractivity contribution in [2.45, 2.75) is 5.75 Å². The zero-order valence-corrected chi connectivity index (χ0v) is 14.4. The van der Waals surface area contributed by atoms with Gasteiger partial charge in [-0.15, -0.1) is 0 Å². The summed E-state index contributed by atoms with van der Waals surface area (Å²) in [5, 5.41) is 0. The van der Waals surface area contributed by atoms with Gasteiger partial charge in [0.2, 0.25) is 10.0 Å². The maximum atomic E-state index is 12.1. The Morgan fingerprint density at radius 1 is 1.11 bits per heavy atom. The normalized spacial score (nSPS) is 11.3. The van der Waals surface area contributed by atoms with Crippen LogP contribution in [-0.4, -0.2) is 8.42 Å². The number of anilines is 1. The molecule has 0 bridgehead atoms. The molecular weight excluding hydrogens is 441 g/mol. The van der Waals surface area contributed by atoms with Crippen LogP contribution in [0.4, 0.5) is 5.69 Å². The van der Waals surface area contributed by atoms with Crippen molar-refractivity contribution < 1.29 is 8.42 Å². The van der Waals surface area contributed by atoms with Gasteiger partial charge in [-0.1, -0.05) is 46.3 Å². The van der Waals surface area contributed by atoms with Gasteiger partial charge in [-0.2, -0.15) is 0 Å². The number of nitrogens with one attached hydrogen (secondary N) is 1. The van der Waals surface area contributed by atoms with E-state index in [0.29, 0.717) is 5.69 Å². The number of sulfonamides is 1. The molecule has 2 rings (SSSR count). The highest BCUT2D eigenvalue weighted by atomic mass is 127. The SMILES string of the molecule is O=S(=O)(Cc1ccccc1)Nc1cc(Br)ccc1I. The summed E-state index contributed by atoms with van der Waals surface area (Å²) in [5.41, 5.74) is 1.35. The van der Waals surface area contributed by atoms with Crippen LogP contribution in [0, 0.1) is 3.57 Å². The van der Waals surface area contributed by atoms with Crippen molar-refractivity contribution in [3.8, 4) is 0 Å². The van der Waals surface area contributed by atoms with E-state index in [4.69, 9.17) is 0 Å². The van der Waals surface area contributed by atoms with Crippen LogP contribution in [0.3, 0.4) is 0 Å². The van der Waals surface area contributed by atoms with E-state index in [1.165, 1.54) is 0 Å². The predicted molar refractivity (Wildman–Crippen MR) is 89.5 cm³/mol. The molecule has 1 N–H and O–H groups in total. The quantitative estimate of drug-likeness (QED) is 0.714. The summed E-state index contributed by atoms with van der Waals surface area (Å²) in [6.07, 6.45) is 0. The molecule has 19 heavy (non-hydrogen) atoms. The number of rotatable bonds is 4. The molecule has 0 atom stereocenters. The second kappa shape index (κ2) is 6.23. The molecule has 0 aliphatic carbocycles. The summed E-state index contributed by atoms with van der Waals surface area (Å²) in [4.78, 5) is 0. The minimum Gasteiger partial charge on any atom is -0.282 e. The Labute approximate surface area is 134 Å². The van der Waals surface area contributed by atoms with Crippen molar-refractivity contribution in [2.75, 3.05) is 4.72 Å². The van der Waals surface area contributed by atoms with E-state index in [-0.39, 0.29) is 5.75 Å². The van der Waals surface area contributed by atoms with Crippen molar-refractivity contribution in [3.63, 3.8) is 0 Å². The van der Waals surface area contributed by atoms with Gasteiger partial charge in [0.1, 0.15) is 0 Å². The lowest BCUT2D eigenvalue weighted by molar-refractivity contribution is 0.600. The van der Waals surface area contributed by atoms with E-state index in [0.717, 1.165) is 13.6 Å².